The van der Waals surface area contributed by atoms with Crippen molar-refractivity contribution in [2.24, 2.45) is 12.5 Å². The summed E-state index contributed by atoms with van der Waals surface area (Å²) in [6.45, 7) is 8.90. The Bertz CT molecular complexity index is 1280. The van der Waals surface area contributed by atoms with Crippen LogP contribution in [-0.2, 0) is 13.5 Å². The van der Waals surface area contributed by atoms with Gasteiger partial charge in [0.05, 0.1) is 10.9 Å². The third kappa shape index (κ3) is 3.13. The van der Waals surface area contributed by atoms with E-state index in [-0.39, 0.29) is 5.41 Å². The molecule has 4 aromatic rings. The van der Waals surface area contributed by atoms with Crippen LogP contribution in [-0.4, -0.2) is 0 Å². The average Bonchev–Trinajstić information content (AvgIpc) is 3.04. The SMILES string of the molecule is Cc1ccc2c3c(oc2c1-c1cc(CC(C)(C)C)cc[n+]1C)Oc1ccccc1O3. The summed E-state index contributed by atoms with van der Waals surface area (Å²) >= 11 is 0. The Morgan fingerprint density at radius 2 is 1.67 bits per heavy atom. The van der Waals surface area contributed by atoms with Crippen molar-refractivity contribution >= 4 is 11.0 Å². The van der Waals surface area contributed by atoms with Gasteiger partial charge in [-0.1, -0.05) is 39.0 Å². The number of fused-ring (bicyclic) bond motifs is 4. The van der Waals surface area contributed by atoms with Crippen LogP contribution < -0.4 is 14.0 Å². The molecule has 0 saturated heterocycles. The van der Waals surface area contributed by atoms with E-state index in [1.807, 2.05) is 30.3 Å². The number of furan rings is 1. The van der Waals surface area contributed by atoms with Crippen molar-refractivity contribution in [2.75, 3.05) is 0 Å². The van der Waals surface area contributed by atoms with E-state index in [0.29, 0.717) is 23.2 Å². The highest BCUT2D eigenvalue weighted by atomic mass is 16.6. The standard InChI is InChI=1S/C26H26NO3/c1-16-10-11-18-23(30-25-24(18)28-20-8-6-7-9-21(20)29-25)22(16)19-14-17(12-13-27(19)5)15-26(2,3)4/h6-14H,15H2,1-5H3/q+1. The van der Waals surface area contributed by atoms with Crippen molar-refractivity contribution in [3.05, 3.63) is 65.9 Å². The Labute approximate surface area is 176 Å². The smallest absolute Gasteiger partial charge is 0.336 e. The normalized spacial score (nSPS) is 12.8. The molecule has 3 heterocycles. The third-order valence-corrected chi connectivity index (χ3v) is 5.46. The predicted molar refractivity (Wildman–Crippen MR) is 117 cm³/mol. The highest BCUT2D eigenvalue weighted by molar-refractivity contribution is 5.98. The molecule has 0 aliphatic carbocycles. The second kappa shape index (κ2) is 6.63. The lowest BCUT2D eigenvalue weighted by atomic mass is 9.88. The maximum atomic E-state index is 6.25. The molecule has 0 atom stereocenters. The van der Waals surface area contributed by atoms with E-state index in [9.17, 15) is 0 Å². The second-order valence-electron chi connectivity index (χ2n) is 9.27. The zero-order chi connectivity index (χ0) is 21.0. The summed E-state index contributed by atoms with van der Waals surface area (Å²) in [4.78, 5) is 0. The fraction of sp³-hybridized carbons (Fsp3) is 0.269. The van der Waals surface area contributed by atoms with Crippen molar-refractivity contribution in [2.45, 2.75) is 34.1 Å². The first-order chi connectivity index (χ1) is 14.3. The number of hydrogen-bond acceptors (Lipinski definition) is 3. The first-order valence-corrected chi connectivity index (χ1v) is 10.3. The Morgan fingerprint density at radius 3 is 2.40 bits per heavy atom. The number of aryl methyl sites for hydroxylation is 2. The first kappa shape index (κ1) is 18.7. The van der Waals surface area contributed by atoms with Gasteiger partial charge in [-0.15, -0.1) is 0 Å². The summed E-state index contributed by atoms with van der Waals surface area (Å²) in [7, 11) is 2.07. The van der Waals surface area contributed by atoms with Gasteiger partial charge < -0.3 is 13.9 Å². The number of ether oxygens (including phenoxy) is 2. The summed E-state index contributed by atoms with van der Waals surface area (Å²) in [6.07, 6.45) is 3.13. The Balaban J connectivity index is 1.69. The molecule has 0 radical (unpaired) electrons. The Kier molecular flexibility index (Phi) is 4.14. The molecular weight excluding hydrogens is 374 g/mol. The summed E-state index contributed by atoms with van der Waals surface area (Å²) in [5.74, 6) is 2.41. The van der Waals surface area contributed by atoms with Crippen LogP contribution in [0, 0.1) is 12.3 Å². The molecule has 1 aliphatic rings. The third-order valence-electron chi connectivity index (χ3n) is 5.46. The van der Waals surface area contributed by atoms with Gasteiger partial charge in [0, 0.05) is 12.1 Å². The van der Waals surface area contributed by atoms with Gasteiger partial charge in [0.25, 0.3) is 0 Å². The van der Waals surface area contributed by atoms with Crippen LogP contribution in [0.4, 0.5) is 0 Å². The first-order valence-electron chi connectivity index (χ1n) is 10.3. The fourth-order valence-corrected chi connectivity index (χ4v) is 4.11. The molecule has 152 valence electrons. The molecule has 2 aromatic carbocycles. The molecule has 0 unspecified atom stereocenters. The monoisotopic (exact) mass is 400 g/mol. The van der Waals surface area contributed by atoms with Gasteiger partial charge in [-0.25, -0.2) is 4.57 Å². The van der Waals surface area contributed by atoms with Crippen LogP contribution in [0.5, 0.6) is 23.2 Å². The van der Waals surface area contributed by atoms with Gasteiger partial charge in [0.2, 0.25) is 11.4 Å². The lowest BCUT2D eigenvalue weighted by Crippen LogP contribution is -2.31. The van der Waals surface area contributed by atoms with Gasteiger partial charge in [0.15, 0.2) is 23.3 Å². The van der Waals surface area contributed by atoms with E-state index >= 15 is 0 Å². The lowest BCUT2D eigenvalue weighted by molar-refractivity contribution is -0.660. The van der Waals surface area contributed by atoms with E-state index in [2.05, 4.69) is 63.7 Å². The zero-order valence-electron chi connectivity index (χ0n) is 18.1. The molecular formula is C26H26NO3+. The van der Waals surface area contributed by atoms with Crippen molar-refractivity contribution in [1.82, 2.24) is 0 Å². The van der Waals surface area contributed by atoms with Crippen LogP contribution in [0.15, 0.2) is 59.1 Å². The molecule has 0 spiro atoms. The number of hydrogen-bond donors (Lipinski definition) is 0. The van der Waals surface area contributed by atoms with E-state index in [1.165, 1.54) is 5.56 Å². The van der Waals surface area contributed by atoms with E-state index < -0.39 is 0 Å². The topological polar surface area (TPSA) is 35.5 Å². The van der Waals surface area contributed by atoms with E-state index in [4.69, 9.17) is 13.9 Å². The molecule has 0 amide bonds. The molecule has 0 fully saturated rings. The maximum absolute atomic E-state index is 6.25. The van der Waals surface area contributed by atoms with Crippen molar-refractivity contribution in [3.63, 3.8) is 0 Å². The van der Waals surface area contributed by atoms with Crippen molar-refractivity contribution < 1.29 is 18.5 Å². The van der Waals surface area contributed by atoms with Gasteiger partial charge in [-0.3, -0.25) is 0 Å². The number of aromatic nitrogens is 1. The minimum atomic E-state index is 0.218. The lowest BCUT2D eigenvalue weighted by Gasteiger charge is -2.18. The zero-order valence-corrected chi connectivity index (χ0v) is 18.1. The van der Waals surface area contributed by atoms with Crippen LogP contribution >= 0.6 is 0 Å². The van der Waals surface area contributed by atoms with Crippen molar-refractivity contribution in [1.29, 1.82) is 0 Å². The van der Waals surface area contributed by atoms with Crippen LogP contribution in [0.25, 0.3) is 22.2 Å². The number of rotatable bonds is 2. The van der Waals surface area contributed by atoms with Gasteiger partial charge in [-0.05, 0) is 48.1 Å². The quantitative estimate of drug-likeness (QED) is 0.309. The molecule has 1 aliphatic heterocycles. The van der Waals surface area contributed by atoms with Crippen LogP contribution in [0.1, 0.15) is 31.9 Å². The van der Waals surface area contributed by atoms with Crippen LogP contribution in [0.2, 0.25) is 0 Å². The minimum Gasteiger partial charge on any atom is -0.445 e. The summed E-state index contributed by atoms with van der Waals surface area (Å²) in [6, 6.07) is 16.3. The summed E-state index contributed by atoms with van der Waals surface area (Å²) in [5.41, 5.74) is 5.64. The molecule has 2 aromatic heterocycles. The van der Waals surface area contributed by atoms with Gasteiger partial charge in [-0.2, -0.15) is 0 Å². The summed E-state index contributed by atoms with van der Waals surface area (Å²) < 4.78 is 20.6. The molecule has 0 saturated carbocycles. The van der Waals surface area contributed by atoms with E-state index in [0.717, 1.165) is 34.2 Å². The molecule has 0 bridgehead atoms. The van der Waals surface area contributed by atoms with E-state index in [1.54, 1.807) is 0 Å². The predicted octanol–water partition coefficient (Wildman–Crippen LogP) is 6.72. The van der Waals surface area contributed by atoms with Gasteiger partial charge in [0.1, 0.15) is 7.05 Å². The number of para-hydroxylation sites is 2. The fourth-order valence-electron chi connectivity index (χ4n) is 4.11. The molecule has 5 rings (SSSR count). The largest absolute Gasteiger partial charge is 0.445 e. The average molecular weight is 400 g/mol. The van der Waals surface area contributed by atoms with Gasteiger partial charge >= 0.3 is 5.95 Å². The molecule has 0 N–H and O–H groups in total. The summed E-state index contributed by atoms with van der Waals surface area (Å²) in [5, 5.41) is 0.918. The number of benzene rings is 2. The number of nitrogens with zero attached hydrogens (tertiary/aromatic N) is 1. The second-order valence-corrected chi connectivity index (χ2v) is 9.27. The number of pyridine rings is 1. The minimum absolute atomic E-state index is 0.218. The molecule has 30 heavy (non-hydrogen) atoms. The maximum Gasteiger partial charge on any atom is 0.336 e. The molecule has 4 heteroatoms. The van der Waals surface area contributed by atoms with Crippen LogP contribution in [0.3, 0.4) is 0 Å². The molecule has 4 nitrogen and oxygen atoms in total. The highest BCUT2D eigenvalue weighted by Crippen LogP contribution is 2.52. The highest BCUT2D eigenvalue weighted by Gasteiger charge is 2.29. The Morgan fingerprint density at radius 1 is 0.933 bits per heavy atom. The van der Waals surface area contributed by atoms with Crippen molar-refractivity contribution in [3.8, 4) is 34.5 Å². The Hall–Kier alpha value is -3.27.